The predicted molar refractivity (Wildman–Crippen MR) is 77.6 cm³/mol. The Morgan fingerprint density at radius 2 is 1.85 bits per heavy atom. The molecule has 1 amide bonds. The maximum atomic E-state index is 12.1. The van der Waals surface area contributed by atoms with Crippen LogP contribution in [0.5, 0.6) is 0 Å². The first-order valence-corrected chi connectivity index (χ1v) is 7.40. The van der Waals surface area contributed by atoms with E-state index in [9.17, 15) is 9.90 Å². The van der Waals surface area contributed by atoms with E-state index < -0.39 is 11.7 Å². The highest BCUT2D eigenvalue weighted by Crippen LogP contribution is 2.20. The van der Waals surface area contributed by atoms with Gasteiger partial charge in [-0.25, -0.2) is 4.79 Å². The van der Waals surface area contributed by atoms with Gasteiger partial charge in [0.2, 0.25) is 0 Å². The molecule has 1 N–H and O–H groups in total. The Morgan fingerprint density at radius 3 is 2.35 bits per heavy atom. The lowest BCUT2D eigenvalue weighted by Gasteiger charge is -2.37. The van der Waals surface area contributed by atoms with Crippen LogP contribution in [0.4, 0.5) is 4.79 Å². The van der Waals surface area contributed by atoms with Crippen LogP contribution < -0.4 is 0 Å². The number of rotatable bonds is 3. The average Bonchev–Trinajstić information content (AvgIpc) is 2.25. The third-order valence-corrected chi connectivity index (χ3v) is 3.39. The third-order valence-electron chi connectivity index (χ3n) is 3.39. The molecule has 1 aliphatic rings. The molecule has 0 radical (unpaired) electrons. The molecule has 118 valence electrons. The number of nitrogens with zero attached hydrogens (tertiary/aromatic N) is 1. The Morgan fingerprint density at radius 1 is 1.25 bits per heavy atom. The molecule has 0 aromatic carbocycles. The summed E-state index contributed by atoms with van der Waals surface area (Å²) < 4.78 is 11.3. The van der Waals surface area contributed by atoms with Gasteiger partial charge < -0.3 is 19.5 Å². The second kappa shape index (κ2) is 6.76. The number of carbonyl (C=O) groups excluding carboxylic acids is 1. The molecular formula is C15H29NO4. The monoisotopic (exact) mass is 287 g/mol. The number of carbonyl (C=O) groups is 1. The van der Waals surface area contributed by atoms with Crippen LogP contribution in [0.3, 0.4) is 0 Å². The van der Waals surface area contributed by atoms with Crippen LogP contribution in [-0.2, 0) is 9.47 Å². The number of β-amino-alcohol motifs (C(OH)–C–C–N with tert-alkyl or cyclic N) is 1. The number of likely N-dealkylation sites (tertiary alicyclic amines) is 1. The SMILES string of the molecule is CC(C)[C@@H](C)O[C@@H]1C[C@H](O)CN(C(=O)OC(C)(C)C)C1. The minimum atomic E-state index is -0.555. The van der Waals surface area contributed by atoms with Crippen LogP contribution in [0.2, 0.25) is 0 Å². The van der Waals surface area contributed by atoms with Crippen molar-refractivity contribution in [1.82, 2.24) is 4.90 Å². The number of ether oxygens (including phenoxy) is 2. The van der Waals surface area contributed by atoms with E-state index in [1.54, 1.807) is 0 Å². The van der Waals surface area contributed by atoms with Crippen LogP contribution >= 0.6 is 0 Å². The Kier molecular flexibility index (Phi) is 5.83. The van der Waals surface area contributed by atoms with Gasteiger partial charge in [-0.05, 0) is 33.6 Å². The molecule has 1 rings (SSSR count). The predicted octanol–water partition coefficient (Wildman–Crippen LogP) is 2.42. The van der Waals surface area contributed by atoms with Crippen LogP contribution in [0.15, 0.2) is 0 Å². The van der Waals surface area contributed by atoms with Gasteiger partial charge in [0.25, 0.3) is 0 Å². The third kappa shape index (κ3) is 5.67. The molecule has 0 aromatic heterocycles. The van der Waals surface area contributed by atoms with Crippen LogP contribution in [-0.4, -0.2) is 53.1 Å². The smallest absolute Gasteiger partial charge is 0.410 e. The van der Waals surface area contributed by atoms with Crippen LogP contribution in [0.25, 0.3) is 0 Å². The molecule has 5 heteroatoms. The van der Waals surface area contributed by atoms with E-state index in [1.165, 1.54) is 4.90 Å². The second-order valence-electron chi connectivity index (χ2n) is 6.98. The highest BCUT2D eigenvalue weighted by Gasteiger charge is 2.33. The molecule has 0 spiro atoms. The quantitative estimate of drug-likeness (QED) is 0.866. The van der Waals surface area contributed by atoms with Gasteiger partial charge in [-0.1, -0.05) is 13.8 Å². The standard InChI is InChI=1S/C15H29NO4/c1-10(2)11(3)19-13-7-12(17)8-16(9-13)14(18)20-15(4,5)6/h10-13,17H,7-9H2,1-6H3/t11-,12+,13-/m1/s1. The molecule has 1 heterocycles. The van der Waals surface area contributed by atoms with Gasteiger partial charge >= 0.3 is 6.09 Å². The van der Waals surface area contributed by atoms with E-state index in [0.29, 0.717) is 25.4 Å². The zero-order chi connectivity index (χ0) is 15.5. The van der Waals surface area contributed by atoms with Gasteiger partial charge in [-0.15, -0.1) is 0 Å². The Bertz CT molecular complexity index is 324. The molecule has 0 aromatic rings. The molecule has 0 unspecified atom stereocenters. The number of hydrogen-bond acceptors (Lipinski definition) is 4. The molecular weight excluding hydrogens is 258 g/mol. The molecule has 1 fully saturated rings. The van der Waals surface area contributed by atoms with Crippen molar-refractivity contribution in [3.63, 3.8) is 0 Å². The summed E-state index contributed by atoms with van der Waals surface area (Å²) in [5, 5.41) is 9.92. The maximum absolute atomic E-state index is 12.1. The Balaban J connectivity index is 2.59. The number of aliphatic hydroxyl groups is 1. The molecule has 3 atom stereocenters. The fourth-order valence-corrected chi connectivity index (χ4v) is 2.06. The number of amides is 1. The topological polar surface area (TPSA) is 59.0 Å². The maximum Gasteiger partial charge on any atom is 0.410 e. The normalized spacial score (nSPS) is 25.7. The van der Waals surface area contributed by atoms with E-state index in [2.05, 4.69) is 13.8 Å². The van der Waals surface area contributed by atoms with Crippen LogP contribution in [0.1, 0.15) is 48.0 Å². The Hall–Kier alpha value is -0.810. The first-order valence-electron chi connectivity index (χ1n) is 7.40. The van der Waals surface area contributed by atoms with Gasteiger partial charge in [0.1, 0.15) is 5.60 Å². The fraction of sp³-hybridized carbons (Fsp3) is 0.933. The lowest BCUT2D eigenvalue weighted by molar-refractivity contribution is -0.0878. The minimum absolute atomic E-state index is 0.103. The first-order chi connectivity index (χ1) is 9.08. The summed E-state index contributed by atoms with van der Waals surface area (Å²) in [6.07, 6.45) is -0.409. The van der Waals surface area contributed by atoms with Crippen molar-refractivity contribution in [2.24, 2.45) is 5.92 Å². The summed E-state index contributed by atoms with van der Waals surface area (Å²) >= 11 is 0. The van der Waals surface area contributed by atoms with Crippen LogP contribution in [0, 0.1) is 5.92 Å². The lowest BCUT2D eigenvalue weighted by Crippen LogP contribution is -2.51. The van der Waals surface area contributed by atoms with E-state index in [0.717, 1.165) is 0 Å². The molecule has 0 bridgehead atoms. The van der Waals surface area contributed by atoms with E-state index >= 15 is 0 Å². The second-order valence-corrected chi connectivity index (χ2v) is 6.98. The lowest BCUT2D eigenvalue weighted by atomic mass is 10.0. The molecule has 1 saturated heterocycles. The fourth-order valence-electron chi connectivity index (χ4n) is 2.06. The summed E-state index contributed by atoms with van der Waals surface area (Å²) in [5.41, 5.74) is -0.527. The highest BCUT2D eigenvalue weighted by atomic mass is 16.6. The van der Waals surface area contributed by atoms with Crippen molar-refractivity contribution in [1.29, 1.82) is 0 Å². The molecule has 0 aliphatic carbocycles. The summed E-state index contributed by atoms with van der Waals surface area (Å²) in [5.74, 6) is 0.407. The minimum Gasteiger partial charge on any atom is -0.444 e. The largest absolute Gasteiger partial charge is 0.444 e. The van der Waals surface area contributed by atoms with E-state index in [1.807, 2.05) is 27.7 Å². The number of piperidine rings is 1. The van der Waals surface area contributed by atoms with E-state index in [4.69, 9.17) is 9.47 Å². The van der Waals surface area contributed by atoms with Crippen molar-refractivity contribution >= 4 is 6.09 Å². The molecule has 1 aliphatic heterocycles. The molecule has 5 nitrogen and oxygen atoms in total. The van der Waals surface area contributed by atoms with Gasteiger partial charge in [-0.2, -0.15) is 0 Å². The van der Waals surface area contributed by atoms with Gasteiger partial charge in [0.15, 0.2) is 0 Å². The highest BCUT2D eigenvalue weighted by molar-refractivity contribution is 5.68. The van der Waals surface area contributed by atoms with Gasteiger partial charge in [0, 0.05) is 6.42 Å². The van der Waals surface area contributed by atoms with Gasteiger partial charge in [-0.3, -0.25) is 0 Å². The number of aliphatic hydroxyl groups excluding tert-OH is 1. The summed E-state index contributed by atoms with van der Waals surface area (Å²) in [6, 6.07) is 0. The van der Waals surface area contributed by atoms with Crippen molar-refractivity contribution in [2.75, 3.05) is 13.1 Å². The van der Waals surface area contributed by atoms with Crippen molar-refractivity contribution < 1.29 is 19.4 Å². The summed E-state index contributed by atoms with van der Waals surface area (Å²) in [4.78, 5) is 13.6. The first kappa shape index (κ1) is 17.2. The zero-order valence-electron chi connectivity index (χ0n) is 13.5. The van der Waals surface area contributed by atoms with Crippen molar-refractivity contribution in [3.8, 4) is 0 Å². The Labute approximate surface area is 122 Å². The van der Waals surface area contributed by atoms with Gasteiger partial charge in [0.05, 0.1) is 31.4 Å². The zero-order valence-corrected chi connectivity index (χ0v) is 13.5. The molecule has 20 heavy (non-hydrogen) atoms. The number of hydrogen-bond donors (Lipinski definition) is 1. The average molecular weight is 287 g/mol. The van der Waals surface area contributed by atoms with Crippen molar-refractivity contribution in [2.45, 2.75) is 71.9 Å². The summed E-state index contributed by atoms with van der Waals surface area (Å²) in [6.45, 7) is 12.5. The summed E-state index contributed by atoms with van der Waals surface area (Å²) in [7, 11) is 0. The van der Waals surface area contributed by atoms with Crippen molar-refractivity contribution in [3.05, 3.63) is 0 Å². The molecule has 0 saturated carbocycles. The van der Waals surface area contributed by atoms with E-state index in [-0.39, 0.29) is 18.3 Å².